The number of aryl methyl sites for hydroxylation is 3. The number of H-pyrrole nitrogens is 1. The number of nitrogens with one attached hydrogen (secondary N) is 2. The molecule has 2 fully saturated rings. The van der Waals surface area contributed by atoms with Crippen molar-refractivity contribution in [2.45, 2.75) is 45.8 Å². The quantitative estimate of drug-likeness (QED) is 0.215. The fourth-order valence-electron chi connectivity index (χ4n) is 6.25. The first-order valence-corrected chi connectivity index (χ1v) is 17.2. The second-order valence-electron chi connectivity index (χ2n) is 12.1. The van der Waals surface area contributed by atoms with Crippen LogP contribution in [0.3, 0.4) is 0 Å². The second-order valence-corrected chi connectivity index (χ2v) is 14.2. The van der Waals surface area contributed by atoms with Crippen molar-refractivity contribution >= 4 is 44.6 Å². The summed E-state index contributed by atoms with van der Waals surface area (Å²) in [6.07, 6.45) is 1.75. The Hall–Kier alpha value is -3.62. The fraction of sp³-hybridized carbons (Fsp3) is 0.455. The number of hydrogen-bond acceptors (Lipinski definition) is 11. The molecule has 2 aromatic carbocycles. The van der Waals surface area contributed by atoms with Gasteiger partial charge >= 0.3 is 4.87 Å². The molecule has 2 aromatic heterocycles. The van der Waals surface area contributed by atoms with E-state index in [-0.39, 0.29) is 34.5 Å². The number of Topliss-reactive ketones (excluding diaryl/α,β-unsaturated/α-hetero) is 1. The number of likely N-dealkylation sites (tertiary alicyclic amines) is 1. The standard InChI is InChI=1S/C33H39N5O6S2/c1-20-15-28(21(2)14-23(20)16-34-17-27(40)24-4-5-26(39)29-30(24)46-32(42)36-29)43-12-10-37-8-6-33(7-9-37)19-38(11-13-44-33)31(41)25-18-45-22(3)35-25/h4-5,14-15,18,34,39H,6-13,16-17,19H2,1-3H3,(H,36,42). The van der Waals surface area contributed by atoms with Crippen LogP contribution in [0.5, 0.6) is 11.5 Å². The van der Waals surface area contributed by atoms with Gasteiger partial charge in [0, 0.05) is 43.7 Å². The van der Waals surface area contributed by atoms with Gasteiger partial charge in [-0.2, -0.15) is 0 Å². The summed E-state index contributed by atoms with van der Waals surface area (Å²) < 4.78 is 12.9. The Kier molecular flexibility index (Phi) is 9.57. The molecule has 2 aliphatic heterocycles. The van der Waals surface area contributed by atoms with Gasteiger partial charge in [-0.25, -0.2) is 4.98 Å². The highest BCUT2D eigenvalue weighted by atomic mass is 32.1. The van der Waals surface area contributed by atoms with Gasteiger partial charge < -0.3 is 29.8 Å². The summed E-state index contributed by atoms with van der Waals surface area (Å²) in [6.45, 7) is 11.5. The van der Waals surface area contributed by atoms with Crippen LogP contribution in [0.2, 0.25) is 0 Å². The summed E-state index contributed by atoms with van der Waals surface area (Å²) in [7, 11) is 0. The maximum Gasteiger partial charge on any atom is 0.305 e. The predicted octanol–water partition coefficient (Wildman–Crippen LogP) is 4.04. The lowest BCUT2D eigenvalue weighted by Crippen LogP contribution is -2.58. The number of piperidine rings is 1. The molecule has 4 heterocycles. The average molecular weight is 666 g/mol. The number of hydrogen-bond donors (Lipinski definition) is 3. The summed E-state index contributed by atoms with van der Waals surface area (Å²) in [5.41, 5.74) is 4.12. The van der Waals surface area contributed by atoms with E-state index >= 15 is 0 Å². The zero-order valence-corrected chi connectivity index (χ0v) is 27.9. The molecule has 0 saturated carbocycles. The number of carbonyl (C=O) groups excluding carboxylic acids is 2. The normalized spacial score (nSPS) is 16.7. The largest absolute Gasteiger partial charge is 0.506 e. The molecular formula is C33H39N5O6S2. The summed E-state index contributed by atoms with van der Waals surface area (Å²) in [5.74, 6) is 0.650. The summed E-state index contributed by atoms with van der Waals surface area (Å²) in [4.78, 5) is 48.6. The molecule has 4 aromatic rings. The van der Waals surface area contributed by atoms with Gasteiger partial charge in [0.1, 0.15) is 29.3 Å². The van der Waals surface area contributed by atoms with Crippen molar-refractivity contribution in [1.29, 1.82) is 0 Å². The minimum absolute atomic E-state index is 0.00329. The Morgan fingerprint density at radius 2 is 1.96 bits per heavy atom. The molecule has 2 aliphatic rings. The first-order valence-electron chi connectivity index (χ1n) is 15.5. The van der Waals surface area contributed by atoms with Crippen molar-refractivity contribution in [3.63, 3.8) is 0 Å². The fourth-order valence-corrected chi connectivity index (χ4v) is 7.73. The van der Waals surface area contributed by atoms with Crippen LogP contribution in [0.15, 0.2) is 34.4 Å². The Bertz CT molecular complexity index is 1810. The highest BCUT2D eigenvalue weighted by molar-refractivity contribution is 7.16. The van der Waals surface area contributed by atoms with Crippen LogP contribution in [0.4, 0.5) is 0 Å². The number of benzene rings is 2. The maximum absolute atomic E-state index is 13.0. The summed E-state index contributed by atoms with van der Waals surface area (Å²) in [5, 5.41) is 16.0. The van der Waals surface area contributed by atoms with E-state index in [0.717, 1.165) is 71.3 Å². The topological polar surface area (TPSA) is 137 Å². The van der Waals surface area contributed by atoms with E-state index < -0.39 is 0 Å². The van der Waals surface area contributed by atoms with Crippen molar-refractivity contribution in [1.82, 2.24) is 25.1 Å². The molecule has 2 saturated heterocycles. The van der Waals surface area contributed by atoms with Crippen LogP contribution < -0.4 is 14.9 Å². The Morgan fingerprint density at radius 3 is 2.72 bits per heavy atom. The first kappa shape index (κ1) is 32.3. The molecule has 46 heavy (non-hydrogen) atoms. The molecule has 0 aliphatic carbocycles. The van der Waals surface area contributed by atoms with Gasteiger partial charge in [-0.1, -0.05) is 17.4 Å². The number of carbonyl (C=O) groups is 2. The van der Waals surface area contributed by atoms with Gasteiger partial charge in [0.25, 0.3) is 5.91 Å². The molecule has 0 unspecified atom stereocenters. The number of ketones is 1. The third kappa shape index (κ3) is 7.03. The summed E-state index contributed by atoms with van der Waals surface area (Å²) >= 11 is 2.42. The van der Waals surface area contributed by atoms with Crippen molar-refractivity contribution < 1.29 is 24.2 Å². The Labute approximate surface area is 275 Å². The number of nitrogens with zero attached hydrogens (tertiary/aromatic N) is 3. The first-order chi connectivity index (χ1) is 22.1. The van der Waals surface area contributed by atoms with Crippen molar-refractivity contribution in [2.75, 3.05) is 52.5 Å². The molecule has 1 spiro atoms. The van der Waals surface area contributed by atoms with Crippen LogP contribution >= 0.6 is 22.7 Å². The van der Waals surface area contributed by atoms with E-state index in [9.17, 15) is 19.5 Å². The molecule has 0 radical (unpaired) electrons. The number of phenolic OH excluding ortho intramolecular Hbond substituents is 1. The molecule has 244 valence electrons. The van der Waals surface area contributed by atoms with Crippen molar-refractivity contribution in [3.8, 4) is 11.5 Å². The van der Waals surface area contributed by atoms with Gasteiger partial charge in [-0.3, -0.25) is 19.3 Å². The molecule has 1 amide bonds. The van der Waals surface area contributed by atoms with Crippen LogP contribution in [0.1, 0.15) is 55.4 Å². The van der Waals surface area contributed by atoms with E-state index in [0.29, 0.717) is 54.3 Å². The minimum atomic E-state index is -0.311. The van der Waals surface area contributed by atoms with Gasteiger partial charge in [0.15, 0.2) is 5.78 Å². The van der Waals surface area contributed by atoms with Gasteiger partial charge in [0.2, 0.25) is 0 Å². The number of morpholine rings is 1. The highest BCUT2D eigenvalue weighted by Gasteiger charge is 2.41. The monoisotopic (exact) mass is 665 g/mol. The van der Waals surface area contributed by atoms with Gasteiger partial charge in [-0.15, -0.1) is 11.3 Å². The number of aromatic amines is 1. The third-order valence-electron chi connectivity index (χ3n) is 8.90. The van der Waals surface area contributed by atoms with Crippen LogP contribution in [0.25, 0.3) is 10.2 Å². The number of thiazole rings is 2. The number of phenols is 1. The van der Waals surface area contributed by atoms with E-state index in [1.807, 2.05) is 37.1 Å². The van der Waals surface area contributed by atoms with Crippen LogP contribution in [-0.2, 0) is 11.3 Å². The summed E-state index contributed by atoms with van der Waals surface area (Å²) in [6, 6.07) is 7.12. The van der Waals surface area contributed by atoms with E-state index in [4.69, 9.17) is 9.47 Å². The SMILES string of the molecule is Cc1nc(C(=O)N2CCOC3(CCN(CCOc4cc(C)c(CNCC(=O)c5ccc(O)c6[nH]c(=O)sc56)cc4C)CC3)C2)cs1. The van der Waals surface area contributed by atoms with E-state index in [1.165, 1.54) is 17.4 Å². The van der Waals surface area contributed by atoms with Crippen molar-refractivity contribution in [2.24, 2.45) is 0 Å². The molecule has 3 N–H and O–H groups in total. The van der Waals surface area contributed by atoms with E-state index in [2.05, 4.69) is 26.3 Å². The Morgan fingerprint density at radius 1 is 1.15 bits per heavy atom. The second kappa shape index (κ2) is 13.6. The zero-order chi connectivity index (χ0) is 32.4. The lowest BCUT2D eigenvalue weighted by Gasteiger charge is -2.47. The number of fused-ring (bicyclic) bond motifs is 1. The lowest BCUT2D eigenvalue weighted by atomic mass is 9.89. The lowest BCUT2D eigenvalue weighted by molar-refractivity contribution is -0.127. The zero-order valence-electron chi connectivity index (χ0n) is 26.3. The number of rotatable bonds is 10. The number of aromatic nitrogens is 2. The molecule has 0 bridgehead atoms. The molecule has 11 nitrogen and oxygen atoms in total. The third-order valence-corrected chi connectivity index (χ3v) is 10.6. The molecule has 0 atom stereocenters. The maximum atomic E-state index is 13.0. The highest BCUT2D eigenvalue weighted by Crippen LogP contribution is 2.31. The average Bonchev–Trinajstić information content (AvgIpc) is 3.66. The molecule has 13 heteroatoms. The smallest absolute Gasteiger partial charge is 0.305 e. The van der Waals surface area contributed by atoms with Gasteiger partial charge in [0.05, 0.1) is 35.0 Å². The number of aromatic hydroxyl groups is 1. The van der Waals surface area contributed by atoms with Crippen molar-refractivity contribution in [3.05, 3.63) is 72.3 Å². The predicted molar refractivity (Wildman–Crippen MR) is 179 cm³/mol. The Balaban J connectivity index is 0.959. The number of ether oxygens (including phenoxy) is 2. The molecular weight excluding hydrogens is 627 g/mol. The number of amides is 1. The minimum Gasteiger partial charge on any atom is -0.506 e. The molecule has 6 rings (SSSR count). The van der Waals surface area contributed by atoms with Gasteiger partial charge in [-0.05, 0) is 68.5 Å². The van der Waals surface area contributed by atoms with Crippen LogP contribution in [0, 0.1) is 20.8 Å². The van der Waals surface area contributed by atoms with E-state index in [1.54, 1.807) is 6.07 Å². The van der Waals surface area contributed by atoms with Crippen LogP contribution in [-0.4, -0.2) is 94.6 Å².